The van der Waals surface area contributed by atoms with E-state index in [0.29, 0.717) is 29.9 Å². The zero-order chi connectivity index (χ0) is 15.2. The molecule has 2 aliphatic rings. The molecule has 0 aromatic carbocycles. The van der Waals surface area contributed by atoms with Crippen molar-refractivity contribution in [1.29, 1.82) is 0 Å². The standard InChI is InChI=1S/C17H32N2O2/c1-4-21-16-8-15(9-16)10-17(20)19-7-5-6-14(12-19)11-18-13(2)3/h13-16,18H,4-12H2,1-3H3. The van der Waals surface area contributed by atoms with Crippen LogP contribution in [0.4, 0.5) is 0 Å². The van der Waals surface area contributed by atoms with E-state index in [0.717, 1.165) is 51.9 Å². The Morgan fingerprint density at radius 2 is 2.10 bits per heavy atom. The molecule has 2 rings (SSSR count). The van der Waals surface area contributed by atoms with Gasteiger partial charge in [0.25, 0.3) is 0 Å². The van der Waals surface area contributed by atoms with Crippen LogP contribution in [0.15, 0.2) is 0 Å². The van der Waals surface area contributed by atoms with Crippen molar-refractivity contribution in [2.45, 2.75) is 65.0 Å². The number of rotatable bonds is 7. The van der Waals surface area contributed by atoms with E-state index in [-0.39, 0.29) is 0 Å². The molecule has 0 spiro atoms. The summed E-state index contributed by atoms with van der Waals surface area (Å²) >= 11 is 0. The molecule has 1 heterocycles. The fourth-order valence-electron chi connectivity index (χ4n) is 3.45. The normalized spacial score (nSPS) is 29.5. The first-order chi connectivity index (χ1) is 10.1. The number of hydrogen-bond donors (Lipinski definition) is 1. The molecule has 0 radical (unpaired) electrons. The average Bonchev–Trinajstić information content (AvgIpc) is 2.43. The summed E-state index contributed by atoms with van der Waals surface area (Å²) in [5.74, 6) is 1.55. The van der Waals surface area contributed by atoms with Crippen molar-refractivity contribution in [3.8, 4) is 0 Å². The zero-order valence-corrected chi connectivity index (χ0v) is 13.9. The number of carbonyl (C=O) groups is 1. The molecule has 1 atom stereocenters. The van der Waals surface area contributed by atoms with Crippen LogP contribution in [0, 0.1) is 11.8 Å². The van der Waals surface area contributed by atoms with Crippen molar-refractivity contribution >= 4 is 5.91 Å². The molecule has 0 aromatic heterocycles. The van der Waals surface area contributed by atoms with Crippen LogP contribution in [-0.2, 0) is 9.53 Å². The average molecular weight is 296 g/mol. The SMILES string of the molecule is CCOC1CC(CC(=O)N2CCCC(CNC(C)C)C2)C1. The first-order valence-electron chi connectivity index (χ1n) is 8.71. The van der Waals surface area contributed by atoms with E-state index in [1.807, 2.05) is 6.92 Å². The summed E-state index contributed by atoms with van der Waals surface area (Å²) in [4.78, 5) is 14.5. The Morgan fingerprint density at radius 1 is 1.33 bits per heavy atom. The van der Waals surface area contributed by atoms with E-state index in [2.05, 4.69) is 24.1 Å². The van der Waals surface area contributed by atoms with Gasteiger partial charge in [-0.1, -0.05) is 13.8 Å². The summed E-state index contributed by atoms with van der Waals surface area (Å²) in [6, 6.07) is 0.529. The van der Waals surface area contributed by atoms with Crippen LogP contribution in [0.2, 0.25) is 0 Å². The molecule has 122 valence electrons. The van der Waals surface area contributed by atoms with Crippen molar-refractivity contribution in [2.24, 2.45) is 11.8 Å². The predicted molar refractivity (Wildman–Crippen MR) is 85.2 cm³/mol. The summed E-state index contributed by atoms with van der Waals surface area (Å²) < 4.78 is 5.57. The molecule has 1 saturated carbocycles. The maximum Gasteiger partial charge on any atom is 0.222 e. The maximum absolute atomic E-state index is 12.4. The third-order valence-electron chi connectivity index (χ3n) is 4.74. The van der Waals surface area contributed by atoms with Crippen molar-refractivity contribution in [2.75, 3.05) is 26.2 Å². The van der Waals surface area contributed by atoms with Gasteiger partial charge < -0.3 is 15.0 Å². The topological polar surface area (TPSA) is 41.6 Å². The molecule has 1 aliphatic carbocycles. The lowest BCUT2D eigenvalue weighted by Gasteiger charge is -2.38. The van der Waals surface area contributed by atoms with Gasteiger partial charge in [-0.25, -0.2) is 0 Å². The highest BCUT2D eigenvalue weighted by Crippen LogP contribution is 2.33. The number of likely N-dealkylation sites (tertiary alicyclic amines) is 1. The number of ether oxygens (including phenoxy) is 1. The largest absolute Gasteiger partial charge is 0.378 e. The van der Waals surface area contributed by atoms with Crippen LogP contribution < -0.4 is 5.32 Å². The van der Waals surface area contributed by atoms with Crippen LogP contribution >= 0.6 is 0 Å². The minimum atomic E-state index is 0.365. The van der Waals surface area contributed by atoms with E-state index in [4.69, 9.17) is 4.74 Å². The molecular formula is C17H32N2O2. The van der Waals surface area contributed by atoms with E-state index in [1.165, 1.54) is 6.42 Å². The highest BCUT2D eigenvalue weighted by molar-refractivity contribution is 5.76. The Bertz CT molecular complexity index is 327. The minimum Gasteiger partial charge on any atom is -0.378 e. The summed E-state index contributed by atoms with van der Waals surface area (Å²) in [6.07, 6.45) is 5.70. The molecule has 0 bridgehead atoms. The second-order valence-electron chi connectivity index (χ2n) is 7.03. The van der Waals surface area contributed by atoms with Gasteiger partial charge in [0.2, 0.25) is 5.91 Å². The monoisotopic (exact) mass is 296 g/mol. The third kappa shape index (κ3) is 5.26. The van der Waals surface area contributed by atoms with Gasteiger partial charge in [0.05, 0.1) is 6.10 Å². The Kier molecular flexibility index (Phi) is 6.49. The van der Waals surface area contributed by atoms with E-state index in [1.54, 1.807) is 0 Å². The number of nitrogens with one attached hydrogen (secondary N) is 1. The molecule has 1 amide bonds. The highest BCUT2D eigenvalue weighted by Gasteiger charge is 2.33. The molecule has 2 fully saturated rings. The lowest BCUT2D eigenvalue weighted by molar-refractivity contribution is -0.136. The van der Waals surface area contributed by atoms with Gasteiger partial charge in [0.15, 0.2) is 0 Å². The van der Waals surface area contributed by atoms with Crippen molar-refractivity contribution < 1.29 is 9.53 Å². The molecule has 1 saturated heterocycles. The number of nitrogens with zero attached hydrogens (tertiary/aromatic N) is 1. The van der Waals surface area contributed by atoms with Crippen LogP contribution in [0.5, 0.6) is 0 Å². The van der Waals surface area contributed by atoms with Crippen LogP contribution in [0.3, 0.4) is 0 Å². The van der Waals surface area contributed by atoms with Crippen molar-refractivity contribution in [3.05, 3.63) is 0 Å². The summed E-state index contributed by atoms with van der Waals surface area (Å²) in [5, 5.41) is 3.50. The van der Waals surface area contributed by atoms with Crippen LogP contribution in [0.25, 0.3) is 0 Å². The van der Waals surface area contributed by atoms with E-state index in [9.17, 15) is 4.79 Å². The van der Waals surface area contributed by atoms with Gasteiger partial charge in [-0.15, -0.1) is 0 Å². The molecule has 4 nitrogen and oxygen atoms in total. The van der Waals surface area contributed by atoms with Crippen molar-refractivity contribution in [1.82, 2.24) is 10.2 Å². The van der Waals surface area contributed by atoms with Gasteiger partial charge in [0.1, 0.15) is 0 Å². The fraction of sp³-hybridized carbons (Fsp3) is 0.941. The number of carbonyl (C=O) groups excluding carboxylic acids is 1. The Hall–Kier alpha value is -0.610. The minimum absolute atomic E-state index is 0.365. The molecule has 21 heavy (non-hydrogen) atoms. The summed E-state index contributed by atoms with van der Waals surface area (Å²) in [6.45, 7) is 10.1. The molecule has 0 aromatic rings. The molecule has 1 aliphatic heterocycles. The molecular weight excluding hydrogens is 264 g/mol. The van der Waals surface area contributed by atoms with Gasteiger partial charge in [-0.05, 0) is 51.0 Å². The van der Waals surface area contributed by atoms with Gasteiger partial charge in [-0.3, -0.25) is 4.79 Å². The van der Waals surface area contributed by atoms with E-state index < -0.39 is 0 Å². The quantitative estimate of drug-likeness (QED) is 0.784. The van der Waals surface area contributed by atoms with Crippen LogP contribution in [0.1, 0.15) is 52.9 Å². The Labute approximate surface area is 129 Å². The molecule has 1 unspecified atom stereocenters. The van der Waals surface area contributed by atoms with Crippen molar-refractivity contribution in [3.63, 3.8) is 0 Å². The first-order valence-corrected chi connectivity index (χ1v) is 8.71. The maximum atomic E-state index is 12.4. The fourth-order valence-corrected chi connectivity index (χ4v) is 3.45. The van der Waals surface area contributed by atoms with E-state index >= 15 is 0 Å². The second-order valence-corrected chi connectivity index (χ2v) is 7.03. The Balaban J connectivity index is 1.67. The summed E-state index contributed by atoms with van der Waals surface area (Å²) in [7, 11) is 0. The Morgan fingerprint density at radius 3 is 2.76 bits per heavy atom. The smallest absolute Gasteiger partial charge is 0.222 e. The number of piperidine rings is 1. The third-order valence-corrected chi connectivity index (χ3v) is 4.74. The van der Waals surface area contributed by atoms with Gasteiger partial charge in [-0.2, -0.15) is 0 Å². The summed E-state index contributed by atoms with van der Waals surface area (Å²) in [5.41, 5.74) is 0. The zero-order valence-electron chi connectivity index (χ0n) is 13.9. The lowest BCUT2D eigenvalue weighted by atomic mass is 9.79. The number of amides is 1. The second kappa shape index (κ2) is 8.14. The first kappa shape index (κ1) is 16.8. The molecule has 4 heteroatoms. The van der Waals surface area contributed by atoms with Gasteiger partial charge >= 0.3 is 0 Å². The molecule has 1 N–H and O–H groups in total. The van der Waals surface area contributed by atoms with Gasteiger partial charge in [0, 0.05) is 32.2 Å². The predicted octanol–water partition coefficient (Wildman–Crippen LogP) is 2.43. The lowest BCUT2D eigenvalue weighted by Crippen LogP contribution is -2.45. The number of hydrogen-bond acceptors (Lipinski definition) is 3. The van der Waals surface area contributed by atoms with Crippen LogP contribution in [-0.4, -0.2) is 49.2 Å². The highest BCUT2D eigenvalue weighted by atomic mass is 16.5.